The van der Waals surface area contributed by atoms with Crippen molar-refractivity contribution in [1.82, 2.24) is 0 Å². The molecule has 0 aromatic heterocycles. The molecule has 2 N–H and O–H groups in total. The van der Waals surface area contributed by atoms with E-state index < -0.39 is 9.17 Å². The Morgan fingerprint density at radius 1 is 1.43 bits per heavy atom. The third-order valence-electron chi connectivity index (χ3n) is 0. The Balaban J connectivity index is -0.00000000125. The molecule has 0 aliphatic carbocycles. The predicted octanol–water partition coefficient (Wildman–Crippen LogP) is -2.08. The van der Waals surface area contributed by atoms with Crippen molar-refractivity contribution in [3.63, 3.8) is 0 Å². The van der Waals surface area contributed by atoms with Gasteiger partial charge in [0.1, 0.15) is 0 Å². The first-order chi connectivity index (χ1) is 1.73. The zero-order valence-corrected chi connectivity index (χ0v) is 14.3. The maximum atomic E-state index is 8.74. The maximum absolute atomic E-state index is 8.74. The molecule has 0 saturated heterocycles. The average Bonchev–Trinajstić information content (AvgIpc) is 0.811. The zero-order valence-electron chi connectivity index (χ0n) is 9.92. The van der Waals surface area contributed by atoms with E-state index in [9.17, 15) is 0 Å². The molecule has 0 aromatic carbocycles. The first-order valence-electron chi connectivity index (χ1n) is 0.651. The molecule has 0 heterocycles. The number of hydrogen-bond acceptors (Lipinski definition) is 1. The molecule has 36 valence electrons. The smallest absolute Gasteiger partial charge is 1.00 e. The van der Waals surface area contributed by atoms with Gasteiger partial charge in [0.2, 0.25) is 0 Å². The maximum Gasteiger partial charge on any atom is 2.00 e. The monoisotopic (exact) mass is 334 g/mol. The molecule has 0 rings (SSSR count). The van der Waals surface area contributed by atoms with Gasteiger partial charge in [-0.05, 0) is 0 Å². The molecule has 0 radical (unpaired) electrons. The van der Waals surface area contributed by atoms with E-state index in [1.165, 1.54) is 0 Å². The molecular weight excluding hydrogens is 325 g/mol. The van der Waals surface area contributed by atoms with Crippen LogP contribution < -0.4 is 0 Å². The predicted molar refractivity (Wildman–Crippen MR) is 34.8 cm³/mol. The molecule has 0 fully saturated rings. The van der Waals surface area contributed by atoms with Crippen LogP contribution in [-0.4, -0.2) is 136 Å². The van der Waals surface area contributed by atoms with Crippen molar-refractivity contribution < 1.29 is 22.6 Å². The summed E-state index contributed by atoms with van der Waals surface area (Å²) < 4.78 is 8.74. The van der Waals surface area contributed by atoms with Crippen molar-refractivity contribution >= 4 is 127 Å². The van der Waals surface area contributed by atoms with Crippen molar-refractivity contribution in [3.8, 4) is 0 Å². The largest absolute Gasteiger partial charge is 2.00 e. The van der Waals surface area contributed by atoms with E-state index in [1.54, 1.807) is 0 Å². The minimum atomic E-state index is -3.13. The third kappa shape index (κ3) is 44.2. The number of rotatable bonds is 0. The summed E-state index contributed by atoms with van der Waals surface area (Å²) in [6.45, 7) is 0. The Bertz CT molecular complexity index is 50.9. The van der Waals surface area contributed by atoms with Gasteiger partial charge in [0, 0.05) is 0 Å². The van der Waals surface area contributed by atoms with Crippen LogP contribution in [0.25, 0.3) is 0 Å². The Kier molecular flexibility index (Phi) is 52.0. The Morgan fingerprint density at radius 2 is 1.43 bits per heavy atom. The van der Waals surface area contributed by atoms with E-state index in [0.717, 1.165) is 0 Å². The van der Waals surface area contributed by atoms with Crippen molar-refractivity contribution in [3.05, 3.63) is 0 Å². The molecule has 0 spiro atoms. The summed E-state index contributed by atoms with van der Waals surface area (Å²) >= 11 is 0. The summed E-state index contributed by atoms with van der Waals surface area (Å²) in [5.41, 5.74) is 0. The van der Waals surface area contributed by atoms with Crippen LogP contribution in [0.5, 0.6) is 0 Å². The van der Waals surface area contributed by atoms with E-state index in [-0.39, 0.29) is 126 Å². The molecule has 7 heteroatoms. The second-order valence-corrected chi connectivity index (χ2v) is 0.848. The molecule has 0 aliphatic rings. The molecule has 7 heavy (non-hydrogen) atoms. The Hall–Kier alpha value is 3.44. The van der Waals surface area contributed by atoms with Crippen LogP contribution >= 0.6 is 0 Å². The topological polar surface area (TPSA) is 57.5 Å². The van der Waals surface area contributed by atoms with Crippen molar-refractivity contribution in [2.45, 2.75) is 0 Å². The summed E-state index contributed by atoms with van der Waals surface area (Å²) in [5.74, 6) is 0. The first kappa shape index (κ1) is 22.4. The second-order valence-electron chi connectivity index (χ2n) is 0.283. The van der Waals surface area contributed by atoms with E-state index in [1.807, 2.05) is 0 Å². The fourth-order valence-electron chi connectivity index (χ4n) is 0. The van der Waals surface area contributed by atoms with Gasteiger partial charge in [-0.2, -0.15) is 0 Å². The van der Waals surface area contributed by atoms with Crippen molar-refractivity contribution in [1.29, 1.82) is 0 Å². The summed E-state index contributed by atoms with van der Waals surface area (Å²) in [4.78, 5) is 14.3. The van der Waals surface area contributed by atoms with Crippen LogP contribution in [0.2, 0.25) is 0 Å². The molecule has 0 atom stereocenters. The minimum Gasteiger partial charge on any atom is -1.00 e. The normalized spacial score (nSPS) is 3.43. The van der Waals surface area contributed by atoms with Crippen molar-refractivity contribution in [2.75, 3.05) is 0 Å². The van der Waals surface area contributed by atoms with Crippen LogP contribution in [-0.2, 0) is 4.46 Å². The summed E-state index contributed by atoms with van der Waals surface area (Å²) in [5, 5.41) is 0. The minimum absolute atomic E-state index is 0. The fourth-order valence-corrected chi connectivity index (χ4v) is 0. The third-order valence-corrected chi connectivity index (χ3v) is 0. The SMILES string of the molecule is O=[Si](O)O.[Ba+2].[H-].[H-].[H-].[H-].[H-].[H-].[Mg+2].[Sr+2]. The molecular formula is H8BaMgO3SiSr. The van der Waals surface area contributed by atoms with Gasteiger partial charge in [-0.25, -0.2) is 0 Å². The van der Waals surface area contributed by atoms with Gasteiger partial charge in [0.15, 0.2) is 0 Å². The average molecular weight is 333 g/mol. The van der Waals surface area contributed by atoms with Crippen molar-refractivity contribution in [2.24, 2.45) is 0 Å². The molecule has 0 bridgehead atoms. The Morgan fingerprint density at radius 3 is 1.43 bits per heavy atom. The van der Waals surface area contributed by atoms with E-state index >= 15 is 0 Å². The second kappa shape index (κ2) is 16.2. The van der Waals surface area contributed by atoms with Crippen LogP contribution in [0, 0.1) is 0 Å². The molecule has 0 aromatic rings. The molecule has 0 aliphatic heterocycles. The van der Waals surface area contributed by atoms with E-state index in [2.05, 4.69) is 0 Å². The van der Waals surface area contributed by atoms with Crippen LogP contribution in [0.4, 0.5) is 0 Å². The van der Waals surface area contributed by atoms with Gasteiger partial charge >= 0.3 is 127 Å². The van der Waals surface area contributed by atoms with Gasteiger partial charge in [-0.3, -0.25) is 4.46 Å². The van der Waals surface area contributed by atoms with Gasteiger partial charge in [-0.1, -0.05) is 0 Å². The quantitative estimate of drug-likeness (QED) is 0.500. The summed E-state index contributed by atoms with van der Waals surface area (Å²) in [6.07, 6.45) is 0. The number of hydrogen-bond donors (Lipinski definition) is 2. The summed E-state index contributed by atoms with van der Waals surface area (Å²) in [7, 11) is -3.13. The van der Waals surface area contributed by atoms with Crippen LogP contribution in [0.3, 0.4) is 0 Å². The summed E-state index contributed by atoms with van der Waals surface area (Å²) in [6, 6.07) is 0. The van der Waals surface area contributed by atoms with Gasteiger partial charge < -0.3 is 18.2 Å². The molecule has 0 saturated carbocycles. The van der Waals surface area contributed by atoms with Gasteiger partial charge in [0.05, 0.1) is 0 Å². The molecule has 3 nitrogen and oxygen atoms in total. The fraction of sp³-hybridized carbons (Fsp3) is 0. The van der Waals surface area contributed by atoms with E-state index in [0.29, 0.717) is 0 Å². The van der Waals surface area contributed by atoms with Gasteiger partial charge in [-0.15, -0.1) is 0 Å². The zero-order chi connectivity index (χ0) is 3.58. The van der Waals surface area contributed by atoms with Crippen LogP contribution in [0.15, 0.2) is 0 Å². The first-order valence-corrected chi connectivity index (χ1v) is 1.95. The standard InChI is InChI=1S/Ba.Mg.H2O3Si.Sr.6H/c;;1-4(2)3;;;;;;;/h;;1-2H;;;;;;;/q2*+2;;+2;6*-1. The van der Waals surface area contributed by atoms with Gasteiger partial charge in [0.25, 0.3) is 0 Å². The van der Waals surface area contributed by atoms with Crippen LogP contribution in [0.1, 0.15) is 8.56 Å². The molecule has 0 amide bonds. The van der Waals surface area contributed by atoms with E-state index in [4.69, 9.17) is 14.1 Å². The Labute approximate surface area is 146 Å². The molecule has 0 unspecified atom stereocenters.